The van der Waals surface area contributed by atoms with Gasteiger partial charge in [-0.3, -0.25) is 10.1 Å². The summed E-state index contributed by atoms with van der Waals surface area (Å²) in [6.07, 6.45) is 3.22. The number of amides is 1. The highest BCUT2D eigenvalue weighted by Gasteiger charge is 2.16. The van der Waals surface area contributed by atoms with Crippen LogP contribution in [0.15, 0.2) is 46.9 Å². The average Bonchev–Trinajstić information content (AvgIpc) is 3.26. The smallest absolute Gasteiger partial charge is 0.257 e. The van der Waals surface area contributed by atoms with Crippen LogP contribution in [-0.4, -0.2) is 36.9 Å². The topological polar surface area (TPSA) is 68.8 Å². The molecule has 0 spiro atoms. The van der Waals surface area contributed by atoms with E-state index in [2.05, 4.69) is 26.6 Å². The van der Waals surface area contributed by atoms with Gasteiger partial charge >= 0.3 is 0 Å². The van der Waals surface area contributed by atoms with E-state index >= 15 is 0 Å². The van der Waals surface area contributed by atoms with Crippen LogP contribution in [-0.2, 0) is 4.74 Å². The summed E-state index contributed by atoms with van der Waals surface area (Å²) in [5.74, 6) is 1.17. The van der Waals surface area contributed by atoms with Gasteiger partial charge in [-0.25, -0.2) is 0 Å². The Balaban J connectivity index is 1.48. The molecule has 1 aliphatic heterocycles. The number of hydrogen-bond acceptors (Lipinski definition) is 5. The van der Waals surface area contributed by atoms with E-state index in [1.807, 2.05) is 31.2 Å². The van der Waals surface area contributed by atoms with Crippen molar-refractivity contribution in [3.8, 4) is 11.5 Å². The van der Waals surface area contributed by atoms with E-state index in [0.29, 0.717) is 24.5 Å². The molecule has 1 atom stereocenters. The number of benzene rings is 2. The van der Waals surface area contributed by atoms with E-state index in [1.54, 1.807) is 18.2 Å². The van der Waals surface area contributed by atoms with Crippen LogP contribution < -0.4 is 20.1 Å². The Bertz CT molecular complexity index is 870. The monoisotopic (exact) mass is 492 g/mol. The second-order valence-corrected chi connectivity index (χ2v) is 8.13. The van der Waals surface area contributed by atoms with Crippen molar-refractivity contribution < 1.29 is 19.0 Å². The summed E-state index contributed by atoms with van der Waals surface area (Å²) >= 11 is 8.69. The van der Waals surface area contributed by atoms with E-state index in [4.69, 9.17) is 26.4 Å². The van der Waals surface area contributed by atoms with Gasteiger partial charge in [0.15, 0.2) is 5.11 Å². The quantitative estimate of drug-likeness (QED) is 0.509. The van der Waals surface area contributed by atoms with Crippen molar-refractivity contribution in [2.75, 3.05) is 25.1 Å². The fourth-order valence-electron chi connectivity index (χ4n) is 2.91. The Hall–Kier alpha value is -2.16. The highest BCUT2D eigenvalue weighted by atomic mass is 79.9. The number of ether oxygens (including phenoxy) is 3. The molecule has 6 nitrogen and oxygen atoms in total. The third kappa shape index (κ3) is 6.68. The molecule has 30 heavy (non-hydrogen) atoms. The van der Waals surface area contributed by atoms with Crippen LogP contribution in [0.2, 0.25) is 0 Å². The molecule has 3 rings (SSSR count). The van der Waals surface area contributed by atoms with Gasteiger partial charge < -0.3 is 19.5 Å². The molecule has 0 radical (unpaired) electrons. The van der Waals surface area contributed by atoms with Crippen LogP contribution in [0.4, 0.5) is 5.69 Å². The number of carbonyl (C=O) groups excluding carboxylic acids is 1. The maximum absolute atomic E-state index is 12.5. The zero-order valence-corrected chi connectivity index (χ0v) is 19.2. The van der Waals surface area contributed by atoms with Gasteiger partial charge in [-0.1, -0.05) is 6.92 Å². The van der Waals surface area contributed by atoms with Crippen molar-refractivity contribution in [2.45, 2.75) is 32.3 Å². The molecule has 1 amide bonds. The maximum atomic E-state index is 12.5. The predicted molar refractivity (Wildman–Crippen MR) is 125 cm³/mol. The lowest BCUT2D eigenvalue weighted by Crippen LogP contribution is -2.34. The first-order valence-electron chi connectivity index (χ1n) is 9.94. The Labute approximate surface area is 190 Å². The second-order valence-electron chi connectivity index (χ2n) is 6.87. The molecule has 0 saturated carbocycles. The molecule has 0 aromatic heterocycles. The summed E-state index contributed by atoms with van der Waals surface area (Å²) in [5, 5.41) is 5.91. The number of carbonyl (C=O) groups is 1. The lowest BCUT2D eigenvalue weighted by molar-refractivity contribution is 0.0679. The van der Waals surface area contributed by atoms with E-state index in [9.17, 15) is 4.79 Å². The highest BCUT2D eigenvalue weighted by molar-refractivity contribution is 9.10. The Kier molecular flexibility index (Phi) is 8.48. The number of hydrogen-bond donors (Lipinski definition) is 2. The molecule has 2 N–H and O–H groups in total. The number of thiocarbonyl (C=S) groups is 1. The van der Waals surface area contributed by atoms with Crippen molar-refractivity contribution in [1.29, 1.82) is 0 Å². The van der Waals surface area contributed by atoms with Crippen LogP contribution in [0.1, 0.15) is 36.5 Å². The van der Waals surface area contributed by atoms with Gasteiger partial charge in [0.25, 0.3) is 5.91 Å². The lowest BCUT2D eigenvalue weighted by atomic mass is 10.2. The molecule has 1 unspecified atom stereocenters. The van der Waals surface area contributed by atoms with Gasteiger partial charge in [0.2, 0.25) is 0 Å². The molecule has 2 aromatic carbocycles. The average molecular weight is 493 g/mol. The van der Waals surface area contributed by atoms with Crippen molar-refractivity contribution in [1.82, 2.24) is 5.32 Å². The minimum atomic E-state index is -0.299. The van der Waals surface area contributed by atoms with Crippen LogP contribution in [0, 0.1) is 0 Å². The van der Waals surface area contributed by atoms with Gasteiger partial charge in [-0.15, -0.1) is 0 Å². The minimum absolute atomic E-state index is 0.179. The van der Waals surface area contributed by atoms with Crippen molar-refractivity contribution >= 4 is 44.9 Å². The van der Waals surface area contributed by atoms with Crippen LogP contribution in [0.3, 0.4) is 0 Å². The lowest BCUT2D eigenvalue weighted by Gasteiger charge is -2.13. The molecule has 1 aliphatic rings. The zero-order chi connectivity index (χ0) is 21.3. The van der Waals surface area contributed by atoms with Crippen molar-refractivity contribution in [2.24, 2.45) is 0 Å². The zero-order valence-electron chi connectivity index (χ0n) is 16.8. The van der Waals surface area contributed by atoms with Gasteiger partial charge in [-0.05, 0) is 89.9 Å². The summed E-state index contributed by atoms with van der Waals surface area (Å²) in [4.78, 5) is 12.5. The highest BCUT2D eigenvalue weighted by Crippen LogP contribution is 2.26. The second kappa shape index (κ2) is 11.3. The maximum Gasteiger partial charge on any atom is 0.257 e. The summed E-state index contributed by atoms with van der Waals surface area (Å²) in [7, 11) is 0. The summed E-state index contributed by atoms with van der Waals surface area (Å²) in [5.41, 5.74) is 1.24. The molecule has 0 aliphatic carbocycles. The third-order valence-corrected chi connectivity index (χ3v) is 5.28. The van der Waals surface area contributed by atoms with E-state index < -0.39 is 0 Å². The molecular weight excluding hydrogens is 468 g/mol. The van der Waals surface area contributed by atoms with Gasteiger partial charge in [0.05, 0.1) is 17.2 Å². The molecule has 1 heterocycles. The fourth-order valence-corrected chi connectivity index (χ4v) is 3.61. The predicted octanol–water partition coefficient (Wildman–Crippen LogP) is 4.92. The molecule has 0 bridgehead atoms. The molecule has 1 fully saturated rings. The van der Waals surface area contributed by atoms with E-state index in [0.717, 1.165) is 41.8 Å². The van der Waals surface area contributed by atoms with E-state index in [-0.39, 0.29) is 17.1 Å². The van der Waals surface area contributed by atoms with Crippen molar-refractivity contribution in [3.05, 3.63) is 52.5 Å². The Morgan fingerprint density at radius 2 is 2.03 bits per heavy atom. The van der Waals surface area contributed by atoms with Crippen molar-refractivity contribution in [3.63, 3.8) is 0 Å². The Morgan fingerprint density at radius 3 is 2.70 bits per heavy atom. The fraction of sp³-hybridized carbons (Fsp3) is 0.364. The molecular formula is C22H25BrN2O4S. The van der Waals surface area contributed by atoms with E-state index in [1.165, 1.54) is 0 Å². The number of nitrogens with one attached hydrogen (secondary N) is 2. The number of rotatable bonds is 8. The minimum Gasteiger partial charge on any atom is -0.492 e. The van der Waals surface area contributed by atoms with Crippen LogP contribution in [0.25, 0.3) is 0 Å². The number of anilines is 1. The number of halogens is 1. The SMILES string of the molecule is CCCOc1ccc(C(=O)NC(=S)Nc2ccc(OCC3CCCO3)cc2)cc1Br. The summed E-state index contributed by atoms with van der Waals surface area (Å²) < 4.78 is 17.6. The largest absolute Gasteiger partial charge is 0.492 e. The normalized spacial score (nSPS) is 15.5. The third-order valence-electron chi connectivity index (χ3n) is 4.45. The summed E-state index contributed by atoms with van der Waals surface area (Å²) in [6, 6.07) is 12.6. The van der Waals surface area contributed by atoms with Gasteiger partial charge in [0.1, 0.15) is 18.1 Å². The first kappa shape index (κ1) is 22.5. The standard InChI is InChI=1S/C22H25BrN2O4S/c1-2-11-28-20-10-5-15(13-19(20)23)21(26)25-22(30)24-16-6-8-17(9-7-16)29-14-18-4-3-12-27-18/h5-10,13,18H,2-4,11-12,14H2,1H3,(H2,24,25,26,30). The molecule has 160 valence electrons. The molecule has 8 heteroatoms. The molecule has 2 aromatic rings. The summed E-state index contributed by atoms with van der Waals surface area (Å²) in [6.45, 7) is 4.03. The van der Waals surface area contributed by atoms with Gasteiger partial charge in [0, 0.05) is 17.9 Å². The Morgan fingerprint density at radius 1 is 1.23 bits per heavy atom. The van der Waals surface area contributed by atoms with Gasteiger partial charge in [-0.2, -0.15) is 0 Å². The first-order chi connectivity index (χ1) is 14.5. The van der Waals surface area contributed by atoms with Crippen LogP contribution in [0.5, 0.6) is 11.5 Å². The first-order valence-corrected chi connectivity index (χ1v) is 11.1. The van der Waals surface area contributed by atoms with Crippen LogP contribution >= 0.6 is 28.1 Å². The molecule has 1 saturated heterocycles.